The number of hydrogen-bond donors (Lipinski definition) is 4. The second-order valence-corrected chi connectivity index (χ2v) is 10.4. The van der Waals surface area contributed by atoms with Crippen LogP contribution in [-0.4, -0.2) is 95.0 Å². The van der Waals surface area contributed by atoms with E-state index in [1.165, 1.54) is 6.92 Å². The first kappa shape index (κ1) is 21.1. The van der Waals surface area contributed by atoms with E-state index < -0.39 is 24.2 Å². The average molecular weight is 425 g/mol. The third-order valence-corrected chi connectivity index (χ3v) is 9.44. The Labute approximate surface area is 177 Å². The molecule has 8 nitrogen and oxygen atoms in total. The Kier molecular flexibility index (Phi) is 5.00. The van der Waals surface area contributed by atoms with Crippen molar-refractivity contribution in [2.24, 2.45) is 17.3 Å². The Morgan fingerprint density at radius 2 is 2.07 bits per heavy atom. The monoisotopic (exact) mass is 424 g/mol. The van der Waals surface area contributed by atoms with Crippen molar-refractivity contribution in [3.05, 3.63) is 0 Å². The maximum absolute atomic E-state index is 11.8. The molecule has 5 rings (SSSR count). The molecule has 2 heterocycles. The third kappa shape index (κ3) is 2.52. The fraction of sp³-hybridized carbons (Fsp3) is 0.955. The molecule has 2 saturated heterocycles. The number of likely N-dealkylation sites (tertiary alicyclic amines) is 1. The Balaban J connectivity index is 1.59. The molecule has 0 aromatic rings. The maximum atomic E-state index is 11.8. The highest BCUT2D eigenvalue weighted by Crippen LogP contribution is 2.70. The lowest BCUT2D eigenvalue weighted by atomic mass is 9.42. The number of carboxylic acid groups (broad SMARTS) is 1. The molecule has 5 unspecified atom stereocenters. The van der Waals surface area contributed by atoms with Crippen LogP contribution in [0.3, 0.4) is 0 Å². The molecule has 30 heavy (non-hydrogen) atoms. The first-order chi connectivity index (χ1) is 14.3. The van der Waals surface area contributed by atoms with Gasteiger partial charge in [-0.1, -0.05) is 0 Å². The van der Waals surface area contributed by atoms with Gasteiger partial charge >= 0.3 is 5.97 Å². The fourth-order valence-corrected chi connectivity index (χ4v) is 8.37. The molecule has 0 amide bonds. The SMILES string of the molecule is CO[C@]12CC[C@H](N[C@H](C(=O)O)[C@@H](C)O)[C@@H]3OC4C(O)CCC5CC1N(C)CC[C@]32C54. The molecule has 3 aliphatic carbocycles. The fourth-order valence-electron chi connectivity index (χ4n) is 8.37. The van der Waals surface area contributed by atoms with E-state index in [9.17, 15) is 20.1 Å². The summed E-state index contributed by atoms with van der Waals surface area (Å²) >= 11 is 0. The van der Waals surface area contributed by atoms with Crippen LogP contribution in [0.5, 0.6) is 0 Å². The summed E-state index contributed by atoms with van der Waals surface area (Å²) in [6.45, 7) is 2.46. The van der Waals surface area contributed by atoms with Crippen LogP contribution < -0.4 is 5.32 Å². The summed E-state index contributed by atoms with van der Waals surface area (Å²) in [5.41, 5.74) is -0.592. The number of likely N-dealkylation sites (N-methyl/N-ethyl adjacent to an activating group) is 1. The molecular formula is C22H36N2O6. The minimum Gasteiger partial charge on any atom is -0.480 e. The summed E-state index contributed by atoms with van der Waals surface area (Å²) in [6.07, 6.45) is 3.38. The normalized spacial score (nSPS) is 51.8. The third-order valence-electron chi connectivity index (χ3n) is 9.44. The van der Waals surface area contributed by atoms with Crippen LogP contribution in [0, 0.1) is 17.3 Å². The second-order valence-electron chi connectivity index (χ2n) is 10.4. The molecule has 5 fully saturated rings. The van der Waals surface area contributed by atoms with Gasteiger partial charge in [0.05, 0.1) is 30.0 Å². The van der Waals surface area contributed by atoms with Crippen LogP contribution in [0.15, 0.2) is 0 Å². The van der Waals surface area contributed by atoms with Crippen LogP contribution in [-0.2, 0) is 14.3 Å². The summed E-state index contributed by atoms with van der Waals surface area (Å²) in [6, 6.07) is -0.922. The summed E-state index contributed by atoms with van der Waals surface area (Å²) in [7, 11) is 4.01. The number of aliphatic carboxylic acids is 1. The minimum atomic E-state index is -1.05. The lowest BCUT2D eigenvalue weighted by Gasteiger charge is -2.69. The summed E-state index contributed by atoms with van der Waals surface area (Å²) < 4.78 is 13.1. The maximum Gasteiger partial charge on any atom is 0.323 e. The van der Waals surface area contributed by atoms with E-state index >= 15 is 0 Å². The predicted molar refractivity (Wildman–Crippen MR) is 108 cm³/mol. The van der Waals surface area contributed by atoms with Crippen LogP contribution in [0.4, 0.5) is 0 Å². The van der Waals surface area contributed by atoms with Crippen LogP contribution in [0.1, 0.15) is 45.4 Å². The van der Waals surface area contributed by atoms with Crippen LogP contribution >= 0.6 is 0 Å². The van der Waals surface area contributed by atoms with Crippen molar-refractivity contribution >= 4 is 5.97 Å². The van der Waals surface area contributed by atoms with E-state index in [0.29, 0.717) is 12.0 Å². The Morgan fingerprint density at radius 3 is 2.73 bits per heavy atom. The Bertz CT molecular complexity index is 705. The number of hydrogen-bond acceptors (Lipinski definition) is 7. The summed E-state index contributed by atoms with van der Waals surface area (Å²) in [5.74, 6) is -0.329. The molecule has 2 aliphatic heterocycles. The van der Waals surface area contributed by atoms with Gasteiger partial charge in [-0.25, -0.2) is 0 Å². The van der Waals surface area contributed by atoms with Crippen LogP contribution in [0.25, 0.3) is 0 Å². The highest BCUT2D eigenvalue weighted by Gasteiger charge is 2.78. The standard InChI is InChI=1S/C22H36N2O6/c1-11(25)17(20(27)28)23-13-6-7-22(29-3)15-10-12-4-5-14(26)18-16(12)21(22,19(13)30-18)8-9-24(15)2/h11-19,23,25-26H,4-10H2,1-3H3,(H,27,28)/t11-,12?,13+,14?,15?,16?,17+,18?,19+,21+,22-/m1/s1. The van der Waals surface area contributed by atoms with E-state index in [1.807, 2.05) is 7.11 Å². The van der Waals surface area contributed by atoms with Crippen molar-refractivity contribution in [1.29, 1.82) is 0 Å². The van der Waals surface area contributed by atoms with Crippen molar-refractivity contribution in [3.8, 4) is 0 Å². The predicted octanol–water partition coefficient (Wildman–Crippen LogP) is 0.206. The molecule has 2 bridgehead atoms. The lowest BCUT2D eigenvalue weighted by Crippen LogP contribution is -2.79. The van der Waals surface area contributed by atoms with Crippen LogP contribution in [0.2, 0.25) is 0 Å². The van der Waals surface area contributed by atoms with Crippen molar-refractivity contribution in [2.75, 3.05) is 20.7 Å². The van der Waals surface area contributed by atoms with Gasteiger partial charge in [0.15, 0.2) is 0 Å². The van der Waals surface area contributed by atoms with Gasteiger partial charge in [0.1, 0.15) is 6.04 Å². The number of carbonyl (C=O) groups is 1. The molecule has 11 atom stereocenters. The lowest BCUT2D eigenvalue weighted by molar-refractivity contribution is -0.269. The van der Waals surface area contributed by atoms with Gasteiger partial charge in [-0.15, -0.1) is 0 Å². The number of ether oxygens (including phenoxy) is 2. The van der Waals surface area contributed by atoms with E-state index in [2.05, 4.69) is 17.3 Å². The second kappa shape index (κ2) is 7.12. The molecular weight excluding hydrogens is 388 g/mol. The quantitative estimate of drug-likeness (QED) is 0.496. The van der Waals surface area contributed by atoms with Gasteiger partial charge in [-0.3, -0.25) is 10.1 Å². The average Bonchev–Trinajstić information content (AvgIpc) is 3.06. The number of carboxylic acids is 1. The first-order valence-corrected chi connectivity index (χ1v) is 11.5. The Morgan fingerprint density at radius 1 is 1.30 bits per heavy atom. The summed E-state index contributed by atoms with van der Waals surface area (Å²) in [4.78, 5) is 14.2. The van der Waals surface area contributed by atoms with Gasteiger partial charge < -0.3 is 29.7 Å². The number of nitrogens with one attached hydrogen (secondary N) is 1. The number of aliphatic hydroxyl groups is 2. The smallest absolute Gasteiger partial charge is 0.323 e. The van der Waals surface area contributed by atoms with Crippen molar-refractivity contribution in [2.45, 2.75) is 93.6 Å². The zero-order valence-electron chi connectivity index (χ0n) is 18.2. The molecule has 1 spiro atoms. The molecule has 0 radical (unpaired) electrons. The molecule has 3 saturated carbocycles. The highest BCUT2D eigenvalue weighted by atomic mass is 16.5. The molecule has 0 aromatic heterocycles. The van der Waals surface area contributed by atoms with E-state index in [4.69, 9.17) is 9.47 Å². The summed E-state index contributed by atoms with van der Waals surface area (Å²) in [5, 5.41) is 33.8. The number of rotatable bonds is 5. The highest BCUT2D eigenvalue weighted by molar-refractivity contribution is 5.74. The largest absolute Gasteiger partial charge is 0.480 e. The molecule has 8 heteroatoms. The zero-order valence-corrected chi connectivity index (χ0v) is 18.2. The molecule has 0 aromatic carbocycles. The van der Waals surface area contributed by atoms with E-state index in [0.717, 1.165) is 45.1 Å². The van der Waals surface area contributed by atoms with Gasteiger partial charge in [0, 0.05) is 30.5 Å². The molecule has 4 N–H and O–H groups in total. The number of nitrogens with zero attached hydrogens (tertiary/aromatic N) is 1. The molecule has 170 valence electrons. The first-order valence-electron chi connectivity index (χ1n) is 11.5. The number of piperidine rings is 1. The minimum absolute atomic E-state index is 0.190. The van der Waals surface area contributed by atoms with Gasteiger partial charge in [0.2, 0.25) is 0 Å². The van der Waals surface area contributed by atoms with E-state index in [-0.39, 0.29) is 35.2 Å². The van der Waals surface area contributed by atoms with Crippen molar-refractivity contribution < 1.29 is 29.6 Å². The van der Waals surface area contributed by atoms with Gasteiger partial charge in [-0.2, -0.15) is 0 Å². The van der Waals surface area contributed by atoms with Gasteiger partial charge in [-0.05, 0) is 65.0 Å². The molecule has 5 aliphatic rings. The van der Waals surface area contributed by atoms with Crippen molar-refractivity contribution in [3.63, 3.8) is 0 Å². The number of methoxy groups -OCH3 is 1. The van der Waals surface area contributed by atoms with Gasteiger partial charge in [0.25, 0.3) is 0 Å². The zero-order chi connectivity index (χ0) is 21.4. The topological polar surface area (TPSA) is 111 Å². The Hall–Kier alpha value is -0.770. The van der Waals surface area contributed by atoms with Crippen molar-refractivity contribution in [1.82, 2.24) is 10.2 Å². The number of aliphatic hydroxyl groups excluding tert-OH is 2. The van der Waals surface area contributed by atoms with E-state index in [1.54, 1.807) is 0 Å².